The molecule has 1 unspecified atom stereocenters. The highest BCUT2D eigenvalue weighted by Gasteiger charge is 2.30. The van der Waals surface area contributed by atoms with Crippen molar-refractivity contribution < 1.29 is 18.3 Å². The van der Waals surface area contributed by atoms with Crippen molar-refractivity contribution in [3.05, 3.63) is 0 Å². The molecule has 6 nitrogen and oxygen atoms in total. The van der Waals surface area contributed by atoms with Crippen molar-refractivity contribution in [1.29, 1.82) is 0 Å². The summed E-state index contributed by atoms with van der Waals surface area (Å²) >= 11 is 0. The largest absolute Gasteiger partial charge is 0.480 e. The maximum absolute atomic E-state index is 11.6. The first-order valence-electron chi connectivity index (χ1n) is 4.47. The van der Waals surface area contributed by atoms with Crippen LogP contribution in [0.3, 0.4) is 0 Å². The van der Waals surface area contributed by atoms with Gasteiger partial charge in [0.25, 0.3) is 10.2 Å². The number of rotatable bonds is 4. The van der Waals surface area contributed by atoms with Crippen LogP contribution in [0.5, 0.6) is 0 Å². The van der Waals surface area contributed by atoms with Crippen molar-refractivity contribution >= 4 is 16.2 Å². The van der Waals surface area contributed by atoms with Crippen molar-refractivity contribution in [2.45, 2.75) is 39.3 Å². The molecule has 15 heavy (non-hydrogen) atoms. The lowest BCUT2D eigenvalue weighted by atomic mass is 10.1. The van der Waals surface area contributed by atoms with Gasteiger partial charge in [-0.05, 0) is 27.7 Å². The fourth-order valence-electron chi connectivity index (χ4n) is 0.823. The van der Waals surface area contributed by atoms with E-state index in [1.54, 1.807) is 20.8 Å². The molecule has 2 N–H and O–H groups in total. The molecule has 0 aromatic rings. The quantitative estimate of drug-likeness (QED) is 0.723. The minimum Gasteiger partial charge on any atom is -0.480 e. The van der Waals surface area contributed by atoms with Crippen LogP contribution >= 0.6 is 0 Å². The zero-order chi connectivity index (χ0) is 12.4. The Morgan fingerprint density at radius 1 is 1.40 bits per heavy atom. The first kappa shape index (κ1) is 14.3. The average molecular weight is 238 g/mol. The molecule has 0 saturated heterocycles. The van der Waals surface area contributed by atoms with Crippen molar-refractivity contribution in [3.8, 4) is 0 Å². The monoisotopic (exact) mass is 238 g/mol. The Morgan fingerprint density at radius 3 is 2.07 bits per heavy atom. The molecule has 0 saturated carbocycles. The summed E-state index contributed by atoms with van der Waals surface area (Å²) in [6.07, 6.45) is 0. The fraction of sp³-hybridized carbons (Fsp3) is 0.875. The Morgan fingerprint density at radius 2 is 1.80 bits per heavy atom. The first-order valence-corrected chi connectivity index (χ1v) is 5.91. The summed E-state index contributed by atoms with van der Waals surface area (Å²) in [7, 11) is -2.53. The lowest BCUT2D eigenvalue weighted by molar-refractivity contribution is -0.140. The number of aliphatic carboxylic acids is 1. The first-order chi connectivity index (χ1) is 6.47. The van der Waals surface area contributed by atoms with Crippen LogP contribution < -0.4 is 4.72 Å². The van der Waals surface area contributed by atoms with Crippen LogP contribution in [0.25, 0.3) is 0 Å². The molecule has 90 valence electrons. The molecule has 0 aliphatic rings. The van der Waals surface area contributed by atoms with Crippen LogP contribution in [0.15, 0.2) is 0 Å². The zero-order valence-corrected chi connectivity index (χ0v) is 10.4. The van der Waals surface area contributed by atoms with Crippen molar-refractivity contribution in [2.24, 2.45) is 0 Å². The molecule has 7 heteroatoms. The highest BCUT2D eigenvalue weighted by Crippen LogP contribution is 2.08. The van der Waals surface area contributed by atoms with Gasteiger partial charge in [-0.25, -0.2) is 0 Å². The van der Waals surface area contributed by atoms with Gasteiger partial charge in [-0.2, -0.15) is 17.4 Å². The molecule has 0 bridgehead atoms. The van der Waals surface area contributed by atoms with E-state index in [4.69, 9.17) is 5.11 Å². The molecule has 0 aromatic carbocycles. The summed E-state index contributed by atoms with van der Waals surface area (Å²) in [4.78, 5) is 10.6. The topological polar surface area (TPSA) is 86.7 Å². The van der Waals surface area contributed by atoms with Gasteiger partial charge >= 0.3 is 5.97 Å². The summed E-state index contributed by atoms with van der Waals surface area (Å²) in [6, 6.07) is -1.09. The number of hydrogen-bond donors (Lipinski definition) is 2. The normalized spacial score (nSPS) is 15.3. The summed E-state index contributed by atoms with van der Waals surface area (Å²) in [5.74, 6) is -1.18. The van der Waals surface area contributed by atoms with E-state index in [9.17, 15) is 13.2 Å². The number of nitrogens with one attached hydrogen (secondary N) is 1. The van der Waals surface area contributed by atoms with Crippen molar-refractivity contribution in [3.63, 3.8) is 0 Å². The Balaban J connectivity index is 4.83. The van der Waals surface area contributed by atoms with E-state index in [1.807, 2.05) is 0 Å². The van der Waals surface area contributed by atoms with Gasteiger partial charge in [-0.15, -0.1) is 0 Å². The number of nitrogens with zero attached hydrogens (tertiary/aromatic N) is 1. The van der Waals surface area contributed by atoms with Gasteiger partial charge in [0.15, 0.2) is 0 Å². The predicted molar refractivity (Wildman–Crippen MR) is 56.7 cm³/mol. The van der Waals surface area contributed by atoms with Crippen LogP contribution in [0.4, 0.5) is 0 Å². The minimum atomic E-state index is -3.76. The number of carbonyl (C=O) groups is 1. The molecule has 0 spiro atoms. The number of hydrogen-bond acceptors (Lipinski definition) is 3. The minimum absolute atomic E-state index is 0.634. The van der Waals surface area contributed by atoms with Gasteiger partial charge in [-0.1, -0.05) is 0 Å². The molecule has 0 aliphatic heterocycles. The number of carboxylic acid groups (broad SMARTS) is 1. The number of likely N-dealkylation sites (N-methyl/N-ethyl adjacent to an activating group) is 1. The Hall–Kier alpha value is -0.660. The fourth-order valence-corrected chi connectivity index (χ4v) is 2.25. The van der Waals surface area contributed by atoms with E-state index in [-0.39, 0.29) is 0 Å². The third-order valence-electron chi connectivity index (χ3n) is 1.72. The summed E-state index contributed by atoms with van der Waals surface area (Å²) in [5.41, 5.74) is -0.634. The lowest BCUT2D eigenvalue weighted by Crippen LogP contribution is -2.51. The highest BCUT2D eigenvalue weighted by atomic mass is 32.2. The standard InChI is InChI=1S/C8H18N2O4S/c1-6(7(11)12)10(5)15(13,14)9-8(2,3)4/h6,9H,1-5H3,(H,11,12). The lowest BCUT2D eigenvalue weighted by Gasteiger charge is -2.27. The second-order valence-electron chi connectivity index (χ2n) is 4.39. The van der Waals surface area contributed by atoms with E-state index < -0.39 is 27.8 Å². The Bertz CT molecular complexity index is 331. The van der Waals surface area contributed by atoms with Gasteiger partial charge in [0.05, 0.1) is 0 Å². The molecule has 0 aromatic heterocycles. The maximum atomic E-state index is 11.6. The molecular weight excluding hydrogens is 220 g/mol. The van der Waals surface area contributed by atoms with Crippen LogP contribution in [0.2, 0.25) is 0 Å². The summed E-state index contributed by atoms with van der Waals surface area (Å²) in [5, 5.41) is 8.68. The molecule has 1 atom stereocenters. The highest BCUT2D eigenvalue weighted by molar-refractivity contribution is 7.87. The van der Waals surface area contributed by atoms with Crippen LogP contribution in [-0.2, 0) is 15.0 Å². The van der Waals surface area contributed by atoms with E-state index in [0.29, 0.717) is 0 Å². The molecule has 0 fully saturated rings. The Labute approximate surface area is 90.5 Å². The van der Waals surface area contributed by atoms with Crippen LogP contribution in [0, 0.1) is 0 Å². The molecule has 0 rings (SSSR count). The second kappa shape index (κ2) is 4.46. The Kier molecular flexibility index (Phi) is 4.26. The average Bonchev–Trinajstić information content (AvgIpc) is 1.96. The SMILES string of the molecule is CC(C(=O)O)N(C)S(=O)(=O)NC(C)(C)C. The smallest absolute Gasteiger partial charge is 0.321 e. The van der Waals surface area contributed by atoms with Crippen molar-refractivity contribution in [1.82, 2.24) is 9.03 Å². The van der Waals surface area contributed by atoms with E-state index in [2.05, 4.69) is 4.72 Å². The predicted octanol–water partition coefficient (Wildman–Crippen LogP) is 0.0242. The van der Waals surface area contributed by atoms with E-state index in [1.165, 1.54) is 14.0 Å². The molecule has 0 amide bonds. The zero-order valence-electron chi connectivity index (χ0n) is 9.60. The van der Waals surface area contributed by atoms with Crippen molar-refractivity contribution in [2.75, 3.05) is 7.05 Å². The summed E-state index contributed by atoms with van der Waals surface area (Å²) in [6.45, 7) is 6.36. The van der Waals surface area contributed by atoms with E-state index in [0.717, 1.165) is 4.31 Å². The molecule has 0 radical (unpaired) electrons. The summed E-state index contributed by atoms with van der Waals surface area (Å²) < 4.78 is 26.4. The molecule has 0 aliphatic carbocycles. The number of carboxylic acids is 1. The van der Waals surface area contributed by atoms with Gasteiger partial charge in [-0.3, -0.25) is 4.79 Å². The maximum Gasteiger partial charge on any atom is 0.321 e. The molecular formula is C8H18N2O4S. The van der Waals surface area contributed by atoms with Crippen LogP contribution in [-0.4, -0.2) is 42.4 Å². The van der Waals surface area contributed by atoms with Gasteiger partial charge in [0.1, 0.15) is 6.04 Å². The van der Waals surface area contributed by atoms with Gasteiger partial charge < -0.3 is 5.11 Å². The van der Waals surface area contributed by atoms with Gasteiger partial charge in [0.2, 0.25) is 0 Å². The van der Waals surface area contributed by atoms with Crippen LogP contribution in [0.1, 0.15) is 27.7 Å². The van der Waals surface area contributed by atoms with E-state index >= 15 is 0 Å². The third kappa shape index (κ3) is 4.59. The third-order valence-corrected chi connectivity index (χ3v) is 3.66. The second-order valence-corrected chi connectivity index (χ2v) is 6.12. The van der Waals surface area contributed by atoms with Gasteiger partial charge in [0, 0.05) is 12.6 Å². The molecule has 0 heterocycles.